The number of carbonyl (C=O) groups excluding carboxylic acids is 1. The van der Waals surface area contributed by atoms with Gasteiger partial charge in [-0.2, -0.15) is 0 Å². The summed E-state index contributed by atoms with van der Waals surface area (Å²) >= 11 is 2.71. The lowest BCUT2D eigenvalue weighted by Gasteiger charge is -2.08. The third kappa shape index (κ3) is 5.04. The molecule has 0 bridgehead atoms. The minimum absolute atomic E-state index is 0.00713. The molecule has 0 saturated heterocycles. The summed E-state index contributed by atoms with van der Waals surface area (Å²) in [4.78, 5) is 32.3. The van der Waals surface area contributed by atoms with Gasteiger partial charge < -0.3 is 15.2 Å². The van der Waals surface area contributed by atoms with E-state index in [1.54, 1.807) is 0 Å². The van der Waals surface area contributed by atoms with Crippen molar-refractivity contribution in [2.45, 2.75) is 11.9 Å². The molecule has 4 aromatic rings. The second kappa shape index (κ2) is 9.84. The molecule has 0 aliphatic heterocycles. The maximum Gasteiger partial charge on any atom is 0.271 e. The number of amides is 1. The highest BCUT2D eigenvalue weighted by Gasteiger charge is 2.17. The summed E-state index contributed by atoms with van der Waals surface area (Å²) in [6, 6.07) is 11.2. The van der Waals surface area contributed by atoms with Gasteiger partial charge in [-0.3, -0.25) is 14.9 Å². The summed E-state index contributed by atoms with van der Waals surface area (Å²) < 4.78 is 5.51. The number of rotatable bonds is 8. The van der Waals surface area contributed by atoms with Crippen molar-refractivity contribution >= 4 is 50.6 Å². The Morgan fingerprint density at radius 1 is 1.24 bits per heavy atom. The number of ether oxygens (including phenoxy) is 1. The minimum atomic E-state index is -0.597. The van der Waals surface area contributed by atoms with Crippen molar-refractivity contribution in [1.82, 2.24) is 9.97 Å². The van der Waals surface area contributed by atoms with Gasteiger partial charge in [-0.15, -0.1) is 11.3 Å². The number of thioether (sulfide) groups is 1. The number of nitro benzene ring substituents is 1. The average Bonchev–Trinajstić information content (AvgIpc) is 3.24. The first-order valence-corrected chi connectivity index (χ1v) is 11.7. The molecule has 0 fully saturated rings. The Labute approximate surface area is 196 Å². The largest absolute Gasteiger partial charge is 0.506 e. The summed E-state index contributed by atoms with van der Waals surface area (Å²) in [6.45, 7) is 2.52. The van der Waals surface area contributed by atoms with Gasteiger partial charge in [0.25, 0.3) is 5.69 Å². The van der Waals surface area contributed by atoms with E-state index in [0.717, 1.165) is 39.2 Å². The summed E-state index contributed by atoms with van der Waals surface area (Å²) in [5.41, 5.74) is 1.69. The summed E-state index contributed by atoms with van der Waals surface area (Å²) in [5, 5.41) is 26.9. The van der Waals surface area contributed by atoms with E-state index in [9.17, 15) is 20.0 Å². The molecule has 0 spiro atoms. The van der Waals surface area contributed by atoms with E-state index >= 15 is 0 Å². The second-order valence-corrected chi connectivity index (χ2v) is 8.58. The molecule has 11 heteroatoms. The molecule has 0 atom stereocenters. The van der Waals surface area contributed by atoms with Crippen molar-refractivity contribution < 1.29 is 19.6 Å². The van der Waals surface area contributed by atoms with Crippen molar-refractivity contribution in [3.05, 3.63) is 64.3 Å². The van der Waals surface area contributed by atoms with Crippen LogP contribution in [0.1, 0.15) is 6.92 Å². The lowest BCUT2D eigenvalue weighted by atomic mass is 10.1. The fourth-order valence-electron chi connectivity index (χ4n) is 3.12. The van der Waals surface area contributed by atoms with Gasteiger partial charge in [0, 0.05) is 23.1 Å². The Morgan fingerprint density at radius 3 is 2.76 bits per heavy atom. The van der Waals surface area contributed by atoms with Gasteiger partial charge in [0.15, 0.2) is 0 Å². The molecule has 168 valence electrons. The monoisotopic (exact) mass is 482 g/mol. The van der Waals surface area contributed by atoms with Crippen molar-refractivity contribution in [2.75, 3.05) is 17.7 Å². The molecule has 0 radical (unpaired) electrons. The molecule has 33 heavy (non-hydrogen) atoms. The fourth-order valence-corrected chi connectivity index (χ4v) is 4.92. The zero-order valence-electron chi connectivity index (χ0n) is 17.3. The van der Waals surface area contributed by atoms with Gasteiger partial charge in [-0.05, 0) is 30.7 Å². The third-order valence-electron chi connectivity index (χ3n) is 4.62. The van der Waals surface area contributed by atoms with Crippen LogP contribution in [0.25, 0.3) is 21.3 Å². The number of aromatic hydroxyl groups is 1. The summed E-state index contributed by atoms with van der Waals surface area (Å²) in [7, 11) is 0. The fraction of sp³-hybridized carbons (Fsp3) is 0.136. The quantitative estimate of drug-likeness (QED) is 0.117. The summed E-state index contributed by atoms with van der Waals surface area (Å²) in [5.74, 6) is 0.0967. The highest BCUT2D eigenvalue weighted by molar-refractivity contribution is 8.00. The van der Waals surface area contributed by atoms with Gasteiger partial charge >= 0.3 is 0 Å². The Balaban J connectivity index is 1.53. The van der Waals surface area contributed by atoms with Gasteiger partial charge in [-0.1, -0.05) is 23.9 Å². The predicted molar refractivity (Wildman–Crippen MR) is 128 cm³/mol. The smallest absolute Gasteiger partial charge is 0.271 e. The van der Waals surface area contributed by atoms with Crippen LogP contribution in [0.2, 0.25) is 0 Å². The molecule has 2 N–H and O–H groups in total. The molecule has 0 aliphatic carbocycles. The SMILES string of the molecule is CCOc1ccc(-c2csc3ncnc(SCC(=O)Nc4cc([N+](=O)[O-])ccc4O)c23)cc1. The number of thiophene rings is 1. The standard InChI is InChI=1S/C22H18N4O5S2/c1-2-31-15-6-3-13(4-7-15)16-10-32-21-20(16)22(24-12-23-21)33-11-19(28)25-17-9-14(26(29)30)5-8-18(17)27/h3-10,12,27H,2,11H2,1H3,(H,25,28). The Bertz CT molecular complexity index is 1320. The number of hydrogen-bond acceptors (Lipinski definition) is 9. The van der Waals surface area contributed by atoms with Crippen LogP contribution in [0.15, 0.2) is 59.2 Å². The lowest BCUT2D eigenvalue weighted by molar-refractivity contribution is -0.384. The number of non-ortho nitro benzene ring substituents is 1. The van der Waals surface area contributed by atoms with Gasteiger partial charge in [0.1, 0.15) is 27.7 Å². The van der Waals surface area contributed by atoms with E-state index in [0.29, 0.717) is 11.6 Å². The topological polar surface area (TPSA) is 127 Å². The number of carbonyl (C=O) groups is 1. The van der Waals surface area contributed by atoms with E-state index in [-0.39, 0.29) is 22.9 Å². The third-order valence-corrected chi connectivity index (χ3v) is 6.49. The van der Waals surface area contributed by atoms with E-state index in [1.165, 1.54) is 35.5 Å². The normalized spacial score (nSPS) is 10.8. The van der Waals surface area contributed by atoms with Crippen LogP contribution in [0, 0.1) is 10.1 Å². The van der Waals surface area contributed by atoms with Crippen LogP contribution < -0.4 is 10.1 Å². The maximum absolute atomic E-state index is 12.5. The molecule has 0 unspecified atom stereocenters. The Kier molecular flexibility index (Phi) is 6.71. The number of hydrogen-bond donors (Lipinski definition) is 2. The summed E-state index contributed by atoms with van der Waals surface area (Å²) in [6.07, 6.45) is 1.45. The van der Waals surface area contributed by atoms with Gasteiger partial charge in [0.05, 0.1) is 28.4 Å². The van der Waals surface area contributed by atoms with Crippen LogP contribution in [0.3, 0.4) is 0 Å². The van der Waals surface area contributed by atoms with Crippen LogP contribution in [0.4, 0.5) is 11.4 Å². The van der Waals surface area contributed by atoms with Crippen molar-refractivity contribution in [3.63, 3.8) is 0 Å². The first-order valence-electron chi connectivity index (χ1n) is 9.81. The first kappa shape index (κ1) is 22.5. The van der Waals surface area contributed by atoms with E-state index in [4.69, 9.17) is 4.74 Å². The molecule has 2 aromatic heterocycles. The van der Waals surface area contributed by atoms with Crippen molar-refractivity contribution in [1.29, 1.82) is 0 Å². The van der Waals surface area contributed by atoms with E-state index < -0.39 is 10.8 Å². The van der Waals surface area contributed by atoms with Crippen LogP contribution in [-0.2, 0) is 4.79 Å². The lowest BCUT2D eigenvalue weighted by Crippen LogP contribution is -2.14. The highest BCUT2D eigenvalue weighted by Crippen LogP contribution is 2.38. The number of nitrogens with one attached hydrogen (secondary N) is 1. The number of nitrogens with zero attached hydrogens (tertiary/aromatic N) is 3. The van der Waals surface area contributed by atoms with E-state index in [2.05, 4.69) is 15.3 Å². The average molecular weight is 483 g/mol. The molecule has 0 aliphatic rings. The number of phenolic OH excluding ortho intramolecular Hbond substituents is 1. The van der Waals surface area contributed by atoms with E-state index in [1.807, 2.05) is 36.6 Å². The minimum Gasteiger partial charge on any atom is -0.506 e. The van der Waals surface area contributed by atoms with Crippen LogP contribution >= 0.6 is 23.1 Å². The molecule has 4 rings (SSSR count). The van der Waals surface area contributed by atoms with Gasteiger partial charge in [-0.25, -0.2) is 9.97 Å². The molecule has 2 aromatic carbocycles. The number of anilines is 1. The number of aromatic nitrogens is 2. The van der Waals surface area contributed by atoms with Crippen LogP contribution in [-0.4, -0.2) is 38.3 Å². The Morgan fingerprint density at radius 2 is 2.03 bits per heavy atom. The molecular weight excluding hydrogens is 464 g/mol. The van der Waals surface area contributed by atoms with Crippen molar-refractivity contribution in [3.8, 4) is 22.6 Å². The zero-order chi connectivity index (χ0) is 23.4. The highest BCUT2D eigenvalue weighted by atomic mass is 32.2. The number of phenols is 1. The first-order chi connectivity index (χ1) is 16.0. The van der Waals surface area contributed by atoms with Gasteiger partial charge in [0.2, 0.25) is 5.91 Å². The molecular formula is C22H18N4O5S2. The molecule has 1 amide bonds. The zero-order valence-corrected chi connectivity index (χ0v) is 19.0. The molecule has 9 nitrogen and oxygen atoms in total. The van der Waals surface area contributed by atoms with Crippen LogP contribution in [0.5, 0.6) is 11.5 Å². The Hall–Kier alpha value is -3.70. The number of benzene rings is 2. The maximum atomic E-state index is 12.5. The number of fused-ring (bicyclic) bond motifs is 1. The second-order valence-electron chi connectivity index (χ2n) is 6.76. The number of nitro groups is 1. The van der Waals surface area contributed by atoms with Crippen molar-refractivity contribution in [2.24, 2.45) is 0 Å². The molecule has 2 heterocycles. The molecule has 0 saturated carbocycles. The predicted octanol–water partition coefficient (Wildman–Crippen LogP) is 5.10.